The molecule has 4 amide bonds. The van der Waals surface area contributed by atoms with Crippen LogP contribution in [0.2, 0.25) is 0 Å². The predicted octanol–water partition coefficient (Wildman–Crippen LogP) is 5.37. The van der Waals surface area contributed by atoms with Crippen LogP contribution in [-0.2, 0) is 9.59 Å². The van der Waals surface area contributed by atoms with Gasteiger partial charge in [-0.25, -0.2) is 9.97 Å². The van der Waals surface area contributed by atoms with E-state index in [1.54, 1.807) is 37.5 Å². The first kappa shape index (κ1) is 33.4. The van der Waals surface area contributed by atoms with E-state index in [0.29, 0.717) is 34.7 Å². The van der Waals surface area contributed by atoms with Crippen molar-refractivity contribution in [3.63, 3.8) is 0 Å². The first-order valence-electron chi connectivity index (χ1n) is 17.1. The van der Waals surface area contributed by atoms with Crippen molar-refractivity contribution in [1.29, 1.82) is 0 Å². The number of carbonyl (C=O) groups excluding carboxylic acids is 4. The Kier molecular flexibility index (Phi) is 8.70. The van der Waals surface area contributed by atoms with Gasteiger partial charge >= 0.3 is 0 Å². The second-order valence-corrected chi connectivity index (χ2v) is 13.1. The van der Waals surface area contributed by atoms with Gasteiger partial charge < -0.3 is 19.3 Å². The summed E-state index contributed by atoms with van der Waals surface area (Å²) < 4.78 is 17.1. The van der Waals surface area contributed by atoms with Crippen molar-refractivity contribution in [1.82, 2.24) is 30.3 Å². The lowest BCUT2D eigenvalue weighted by Gasteiger charge is -2.36. The Morgan fingerprint density at radius 3 is 2.21 bits per heavy atom. The van der Waals surface area contributed by atoms with Crippen LogP contribution in [0.1, 0.15) is 69.3 Å². The summed E-state index contributed by atoms with van der Waals surface area (Å²) in [6.07, 6.45) is 6.74. The van der Waals surface area contributed by atoms with Gasteiger partial charge in [0.1, 0.15) is 23.6 Å². The number of rotatable bonds is 11. The number of benzene rings is 3. The normalized spacial score (nSPS) is 19.9. The maximum Gasteiger partial charge on any atom is 0.262 e. The number of anilines is 1. The van der Waals surface area contributed by atoms with Gasteiger partial charge in [-0.2, -0.15) is 4.98 Å². The number of allylic oxidation sites excluding steroid dienone is 1. The van der Waals surface area contributed by atoms with Crippen molar-refractivity contribution in [3.8, 4) is 28.9 Å². The highest BCUT2D eigenvalue weighted by Gasteiger charge is 2.44. The van der Waals surface area contributed by atoms with E-state index in [0.717, 1.165) is 34.6 Å². The van der Waals surface area contributed by atoms with Crippen LogP contribution in [0.5, 0.6) is 17.2 Å². The van der Waals surface area contributed by atoms with Crippen molar-refractivity contribution in [3.05, 3.63) is 120 Å². The van der Waals surface area contributed by atoms with E-state index < -0.39 is 29.7 Å². The Labute approximate surface area is 303 Å². The number of imide groups is 2. The molecular formula is C39H33N7O7. The Hall–Kier alpha value is -6.70. The number of hydrogen-bond acceptors (Lipinski definition) is 12. The van der Waals surface area contributed by atoms with Gasteiger partial charge in [0.15, 0.2) is 5.75 Å². The van der Waals surface area contributed by atoms with Crippen molar-refractivity contribution in [2.75, 3.05) is 5.32 Å². The highest BCUT2D eigenvalue weighted by molar-refractivity contribution is 6.23. The summed E-state index contributed by atoms with van der Waals surface area (Å²) in [6.45, 7) is 5.76. The van der Waals surface area contributed by atoms with Crippen LogP contribution >= 0.6 is 0 Å². The Balaban J connectivity index is 0.827. The van der Waals surface area contributed by atoms with Crippen molar-refractivity contribution < 1.29 is 33.2 Å². The minimum Gasteiger partial charge on any atom is -0.490 e. The third-order valence-corrected chi connectivity index (χ3v) is 9.51. The van der Waals surface area contributed by atoms with Crippen molar-refractivity contribution in [2.45, 2.75) is 56.7 Å². The Morgan fingerprint density at radius 2 is 1.57 bits per heavy atom. The maximum atomic E-state index is 13.2. The summed E-state index contributed by atoms with van der Waals surface area (Å²) in [6, 6.07) is 19.9. The molecule has 0 spiro atoms. The molecule has 3 aliphatic rings. The molecule has 0 bridgehead atoms. The number of piperidine rings is 1. The predicted molar refractivity (Wildman–Crippen MR) is 189 cm³/mol. The van der Waals surface area contributed by atoms with Crippen LogP contribution in [0.3, 0.4) is 0 Å². The number of aryl methyl sites for hydroxylation is 1. The quantitative estimate of drug-likeness (QED) is 0.132. The van der Waals surface area contributed by atoms with Gasteiger partial charge in [-0.3, -0.25) is 29.4 Å². The number of aromatic nitrogens is 4. The van der Waals surface area contributed by atoms with Gasteiger partial charge in [-0.15, -0.1) is 6.58 Å². The molecule has 2 fully saturated rings. The molecule has 2 N–H and O–H groups in total. The fourth-order valence-electron chi connectivity index (χ4n) is 6.74. The van der Waals surface area contributed by atoms with Gasteiger partial charge in [0.2, 0.25) is 29.4 Å². The van der Waals surface area contributed by atoms with Crippen LogP contribution in [0, 0.1) is 6.92 Å². The van der Waals surface area contributed by atoms with Gasteiger partial charge in [0.05, 0.1) is 23.5 Å². The zero-order valence-electron chi connectivity index (χ0n) is 28.5. The van der Waals surface area contributed by atoms with Gasteiger partial charge in [0, 0.05) is 43.8 Å². The topological polar surface area (TPSA) is 179 Å². The molecule has 0 radical (unpaired) electrons. The van der Waals surface area contributed by atoms with Crippen LogP contribution < -0.4 is 20.1 Å². The number of fused-ring (bicyclic) bond motifs is 1. The summed E-state index contributed by atoms with van der Waals surface area (Å²) >= 11 is 0. The van der Waals surface area contributed by atoms with E-state index in [2.05, 4.69) is 37.3 Å². The molecule has 2 aliphatic heterocycles. The van der Waals surface area contributed by atoms with E-state index in [4.69, 9.17) is 14.0 Å². The lowest BCUT2D eigenvalue weighted by Crippen LogP contribution is -2.54. The van der Waals surface area contributed by atoms with Crippen LogP contribution in [-0.4, -0.2) is 66.8 Å². The summed E-state index contributed by atoms with van der Waals surface area (Å²) in [4.78, 5) is 63.7. The molecule has 53 heavy (non-hydrogen) atoms. The zero-order chi connectivity index (χ0) is 36.6. The average molecular weight is 712 g/mol. The lowest BCUT2D eigenvalue weighted by molar-refractivity contribution is -0.136. The van der Waals surface area contributed by atoms with Gasteiger partial charge in [0.25, 0.3) is 11.8 Å². The van der Waals surface area contributed by atoms with E-state index in [1.807, 2.05) is 54.6 Å². The largest absolute Gasteiger partial charge is 0.490 e. The minimum absolute atomic E-state index is 0.0199. The minimum atomic E-state index is -0.994. The molecule has 1 aliphatic carbocycles. The summed E-state index contributed by atoms with van der Waals surface area (Å²) in [5.74, 6) is 0.841. The first-order chi connectivity index (χ1) is 25.7. The molecule has 4 heterocycles. The molecular weight excluding hydrogens is 678 g/mol. The molecule has 2 unspecified atom stereocenters. The number of hydrogen-bond donors (Lipinski definition) is 2. The molecule has 266 valence electrons. The smallest absolute Gasteiger partial charge is 0.262 e. The van der Waals surface area contributed by atoms with Gasteiger partial charge in [-0.1, -0.05) is 35.5 Å². The fraction of sp³-hybridized carbons (Fsp3) is 0.231. The number of nitrogens with one attached hydrogen (secondary N) is 2. The zero-order valence-corrected chi connectivity index (χ0v) is 28.5. The van der Waals surface area contributed by atoms with Crippen LogP contribution in [0.25, 0.3) is 11.6 Å². The number of carbonyl (C=O) groups is 4. The number of nitrogens with zero attached hydrogens (tertiary/aromatic N) is 5. The van der Waals surface area contributed by atoms with E-state index in [9.17, 15) is 19.2 Å². The van der Waals surface area contributed by atoms with Crippen molar-refractivity contribution >= 4 is 29.3 Å². The number of ether oxygens (including phenoxy) is 2. The average Bonchev–Trinajstić information content (AvgIpc) is 3.69. The van der Waals surface area contributed by atoms with E-state index in [-0.39, 0.29) is 42.0 Å². The highest BCUT2D eigenvalue weighted by Crippen LogP contribution is 2.34. The molecule has 1 saturated heterocycles. The maximum absolute atomic E-state index is 13.2. The molecule has 3 aromatic carbocycles. The molecule has 14 heteroatoms. The molecule has 8 rings (SSSR count). The van der Waals surface area contributed by atoms with E-state index >= 15 is 0 Å². The third kappa shape index (κ3) is 6.73. The first-order valence-corrected chi connectivity index (χ1v) is 17.1. The highest BCUT2D eigenvalue weighted by atomic mass is 16.5. The molecule has 1 saturated carbocycles. The molecule has 5 aromatic rings. The Bertz CT molecular complexity index is 2230. The van der Waals surface area contributed by atoms with Crippen LogP contribution in [0.4, 0.5) is 5.69 Å². The SMILES string of the molecule is C=CC(c1ccc(Oc2cnc(-c3noc(C)n3)nc2)cc1)c1ccc(O[C@H]2C[C@H](Nc3ccc4c(c3)C(=O)N(C3CCC(=O)NC3=O)C4=O)C2)cc1. The van der Waals surface area contributed by atoms with Crippen LogP contribution in [0.15, 0.2) is 96.3 Å². The summed E-state index contributed by atoms with van der Waals surface area (Å²) in [5.41, 5.74) is 3.32. The van der Waals surface area contributed by atoms with E-state index in [1.165, 1.54) is 0 Å². The monoisotopic (exact) mass is 711 g/mol. The van der Waals surface area contributed by atoms with Crippen molar-refractivity contribution in [2.24, 2.45) is 0 Å². The standard InChI is InChI=1S/C39H33N7O7/c1-3-30(23-6-11-27(12-7-23)52-29-19-40-35(41-20-29)36-42-21(2)53-45-36)22-4-9-26(10-5-22)51-28-16-25(17-28)43-24-8-13-31-32(18-24)39(50)46(38(31)49)33-14-15-34(47)44-37(33)48/h3-13,18-20,25,28,30,33,43H,1,14-17H2,2H3,(H,44,47,48)/t25-,28-,30?,33?. The molecule has 2 atom stereocenters. The number of amides is 4. The molecule has 14 nitrogen and oxygen atoms in total. The summed E-state index contributed by atoms with van der Waals surface area (Å²) in [7, 11) is 0. The van der Waals surface area contributed by atoms with Gasteiger partial charge in [-0.05, 0) is 60.0 Å². The summed E-state index contributed by atoms with van der Waals surface area (Å²) in [5, 5.41) is 9.46. The Morgan fingerprint density at radius 1 is 0.887 bits per heavy atom. The third-order valence-electron chi connectivity index (χ3n) is 9.51. The second kappa shape index (κ2) is 13.8. The fourth-order valence-corrected chi connectivity index (χ4v) is 6.74. The second-order valence-electron chi connectivity index (χ2n) is 13.1. The lowest BCUT2D eigenvalue weighted by atomic mass is 9.88. The molecule has 2 aromatic heterocycles.